The van der Waals surface area contributed by atoms with Gasteiger partial charge in [-0.25, -0.2) is 4.57 Å². The smallest absolute Gasteiger partial charge is 0.383 e. The fraction of sp³-hybridized carbons (Fsp3) is 0.833. The van der Waals surface area contributed by atoms with Crippen LogP contribution in [0.25, 0.3) is 0 Å². The van der Waals surface area contributed by atoms with Gasteiger partial charge in [0.1, 0.15) is 11.9 Å². The maximum absolute atomic E-state index is 11.7. The fourth-order valence-electron chi connectivity index (χ4n) is 1.34. The van der Waals surface area contributed by atoms with Crippen LogP contribution in [-0.4, -0.2) is 47.6 Å². The number of rotatable bonds is 10. The molecule has 0 bridgehead atoms. The first-order valence-electron chi connectivity index (χ1n) is 6.59. The van der Waals surface area contributed by atoms with E-state index in [1.165, 1.54) is 27.7 Å². The summed E-state index contributed by atoms with van der Waals surface area (Å²) in [5, 5.41) is 12.4. The molecule has 0 aromatic carbocycles. The monoisotopic (exact) mass is 325 g/mol. The van der Waals surface area contributed by atoms with E-state index < -0.39 is 25.2 Å². The quantitative estimate of drug-likeness (QED) is 0.503. The van der Waals surface area contributed by atoms with Gasteiger partial charge in [-0.3, -0.25) is 18.6 Å². The Bertz CT molecular complexity index is 410. The molecular weight excluding hydrogens is 301 g/mol. The molecule has 3 N–H and O–H groups in total. The van der Waals surface area contributed by atoms with E-state index in [1.54, 1.807) is 0 Å². The second-order valence-corrected chi connectivity index (χ2v) is 6.75. The molecule has 0 rings (SSSR count). The third-order valence-corrected chi connectivity index (χ3v) is 3.70. The molecule has 2 atom stereocenters. The summed E-state index contributed by atoms with van der Waals surface area (Å²) in [7, 11) is -4.18. The normalized spacial score (nSPS) is 16.1. The maximum atomic E-state index is 11.7. The molecule has 0 aliphatic heterocycles. The average Bonchev–Trinajstić information content (AvgIpc) is 2.35. The molecule has 0 heterocycles. The van der Waals surface area contributed by atoms with Gasteiger partial charge in [-0.15, -0.1) is 0 Å². The maximum Gasteiger partial charge on any atom is 0.472 e. The number of phosphoric acid groups is 1. The second-order valence-electron chi connectivity index (χ2n) is 5.29. The summed E-state index contributed by atoms with van der Waals surface area (Å²) in [6, 6.07) is 0. The van der Waals surface area contributed by atoms with E-state index in [2.05, 4.69) is 9.84 Å². The minimum Gasteiger partial charge on any atom is -0.383 e. The molecule has 0 radical (unpaired) electrons. The van der Waals surface area contributed by atoms with E-state index in [-0.39, 0.29) is 32.0 Å². The largest absolute Gasteiger partial charge is 0.472 e. The molecule has 0 aromatic rings. The predicted octanol–water partition coefficient (Wildman–Crippen LogP) is 0.622. The summed E-state index contributed by atoms with van der Waals surface area (Å²) >= 11 is 0. The Morgan fingerprint density at radius 2 is 1.90 bits per heavy atom. The molecule has 0 aromatic heterocycles. The van der Waals surface area contributed by atoms with Gasteiger partial charge in [-0.05, 0) is 13.8 Å². The summed E-state index contributed by atoms with van der Waals surface area (Å²) in [6.07, 6.45) is -1.28. The first-order valence-corrected chi connectivity index (χ1v) is 8.08. The molecule has 2 unspecified atom stereocenters. The third-order valence-electron chi connectivity index (χ3n) is 2.66. The topological polar surface area (TPSA) is 122 Å². The van der Waals surface area contributed by atoms with Crippen molar-refractivity contribution in [1.29, 1.82) is 0 Å². The lowest BCUT2D eigenvalue weighted by Gasteiger charge is -2.29. The van der Waals surface area contributed by atoms with Gasteiger partial charge >= 0.3 is 7.82 Å². The molecule has 124 valence electrons. The molecule has 9 heteroatoms. The first-order chi connectivity index (χ1) is 9.52. The minimum atomic E-state index is -4.18. The number of amides is 1. The van der Waals surface area contributed by atoms with Crippen molar-refractivity contribution in [3.63, 3.8) is 0 Å². The number of aliphatic hydroxyl groups excluding tert-OH is 1. The summed E-state index contributed by atoms with van der Waals surface area (Å²) in [4.78, 5) is 31.8. The Kier molecular flexibility index (Phi) is 8.28. The molecule has 21 heavy (non-hydrogen) atoms. The minimum absolute atomic E-state index is 0.00227. The van der Waals surface area contributed by atoms with Crippen LogP contribution in [0.3, 0.4) is 0 Å². The number of Topliss-reactive ketones (excluding diaryl/α,β-unsaturated/α-hetero) is 1. The summed E-state index contributed by atoms with van der Waals surface area (Å²) < 4.78 is 20.7. The van der Waals surface area contributed by atoms with Crippen molar-refractivity contribution in [3.05, 3.63) is 0 Å². The van der Waals surface area contributed by atoms with Crippen molar-refractivity contribution >= 4 is 19.5 Å². The summed E-state index contributed by atoms with van der Waals surface area (Å²) in [5.41, 5.74) is -1.10. The standard InChI is InChI=1S/C12H24NO7P/c1-5-19-21(17,18)20-8-12(3,4)10(15)11(16)13-7-6-9(2)14/h10,15H,5-8H2,1-4H3,(H,13,16)(H,17,18). The van der Waals surface area contributed by atoms with Gasteiger partial charge in [0.25, 0.3) is 0 Å². The number of hydrogen-bond acceptors (Lipinski definition) is 6. The SMILES string of the molecule is CCOP(=O)(O)OCC(C)(C)C(O)C(=O)NCCC(C)=O. The Morgan fingerprint density at radius 1 is 1.33 bits per heavy atom. The molecule has 8 nitrogen and oxygen atoms in total. The molecule has 0 fully saturated rings. The highest BCUT2D eigenvalue weighted by atomic mass is 31.2. The number of nitrogens with one attached hydrogen (secondary N) is 1. The van der Waals surface area contributed by atoms with Gasteiger partial charge in [0.15, 0.2) is 0 Å². The van der Waals surface area contributed by atoms with Crippen LogP contribution in [0.1, 0.15) is 34.1 Å². The Morgan fingerprint density at radius 3 is 2.38 bits per heavy atom. The van der Waals surface area contributed by atoms with Crippen molar-refractivity contribution in [1.82, 2.24) is 5.32 Å². The highest BCUT2D eigenvalue weighted by Gasteiger charge is 2.36. The number of aliphatic hydroxyl groups is 1. The number of carbonyl (C=O) groups excluding carboxylic acids is 2. The van der Waals surface area contributed by atoms with Crippen molar-refractivity contribution in [2.45, 2.75) is 40.2 Å². The van der Waals surface area contributed by atoms with Gasteiger partial charge in [-0.1, -0.05) is 13.8 Å². The zero-order valence-electron chi connectivity index (χ0n) is 12.8. The third kappa shape index (κ3) is 8.28. The zero-order chi connectivity index (χ0) is 16.7. The van der Waals surface area contributed by atoms with E-state index in [0.29, 0.717) is 0 Å². The number of ketones is 1. The van der Waals surface area contributed by atoms with Crippen LogP contribution in [0, 0.1) is 5.41 Å². The molecule has 0 saturated heterocycles. The fourth-order valence-corrected chi connectivity index (χ4v) is 2.24. The summed E-state index contributed by atoms with van der Waals surface area (Å²) in [5.74, 6) is -0.751. The van der Waals surface area contributed by atoms with Crippen molar-refractivity contribution in [3.8, 4) is 0 Å². The van der Waals surface area contributed by atoms with E-state index in [1.807, 2.05) is 0 Å². The Balaban J connectivity index is 4.43. The number of hydrogen-bond donors (Lipinski definition) is 3. The molecular formula is C12H24NO7P. The average molecular weight is 325 g/mol. The van der Waals surface area contributed by atoms with Gasteiger partial charge < -0.3 is 15.3 Å². The zero-order valence-corrected chi connectivity index (χ0v) is 13.7. The van der Waals surface area contributed by atoms with Crippen molar-refractivity contribution < 1.29 is 33.2 Å². The molecule has 0 spiro atoms. The van der Waals surface area contributed by atoms with E-state index in [4.69, 9.17) is 4.52 Å². The van der Waals surface area contributed by atoms with E-state index in [9.17, 15) is 24.2 Å². The molecule has 1 amide bonds. The molecule has 0 aliphatic carbocycles. The molecule has 0 saturated carbocycles. The van der Waals surface area contributed by atoms with Crippen LogP contribution < -0.4 is 5.32 Å². The van der Waals surface area contributed by atoms with Gasteiger partial charge in [0.2, 0.25) is 5.91 Å². The van der Waals surface area contributed by atoms with Gasteiger partial charge in [0, 0.05) is 18.4 Å². The Labute approximate surface area is 124 Å². The highest BCUT2D eigenvalue weighted by molar-refractivity contribution is 7.47. The van der Waals surface area contributed by atoms with Crippen LogP contribution in [-0.2, 0) is 23.2 Å². The van der Waals surface area contributed by atoms with Crippen molar-refractivity contribution in [2.75, 3.05) is 19.8 Å². The number of phosphoric ester groups is 1. The van der Waals surface area contributed by atoms with Gasteiger partial charge in [0.05, 0.1) is 13.2 Å². The van der Waals surface area contributed by atoms with Crippen LogP contribution >= 0.6 is 7.82 Å². The first kappa shape index (κ1) is 20.2. The van der Waals surface area contributed by atoms with Crippen LogP contribution in [0.15, 0.2) is 0 Å². The lowest BCUT2D eigenvalue weighted by atomic mass is 9.87. The highest BCUT2D eigenvalue weighted by Crippen LogP contribution is 2.44. The lowest BCUT2D eigenvalue weighted by molar-refractivity contribution is -0.137. The lowest BCUT2D eigenvalue weighted by Crippen LogP contribution is -2.46. The van der Waals surface area contributed by atoms with E-state index in [0.717, 1.165) is 0 Å². The van der Waals surface area contributed by atoms with Gasteiger partial charge in [-0.2, -0.15) is 0 Å². The predicted molar refractivity (Wildman–Crippen MR) is 75.5 cm³/mol. The summed E-state index contributed by atoms with van der Waals surface area (Å²) in [6.45, 7) is 5.73. The molecule has 0 aliphatic rings. The van der Waals surface area contributed by atoms with Crippen LogP contribution in [0.5, 0.6) is 0 Å². The van der Waals surface area contributed by atoms with Crippen LogP contribution in [0.2, 0.25) is 0 Å². The van der Waals surface area contributed by atoms with E-state index >= 15 is 0 Å². The van der Waals surface area contributed by atoms with Crippen molar-refractivity contribution in [2.24, 2.45) is 5.41 Å². The van der Waals surface area contributed by atoms with Crippen LogP contribution in [0.4, 0.5) is 0 Å². The number of carbonyl (C=O) groups is 2. The second kappa shape index (κ2) is 8.60. The Hall–Kier alpha value is -0.790.